The Morgan fingerprint density at radius 1 is 1.18 bits per heavy atom. The van der Waals surface area contributed by atoms with Crippen molar-refractivity contribution in [3.05, 3.63) is 82.4 Å². The largest absolute Gasteiger partial charge is 0.492 e. The molecule has 3 heterocycles. The lowest BCUT2D eigenvalue weighted by molar-refractivity contribution is 0.0767. The number of rotatable bonds is 9. The van der Waals surface area contributed by atoms with E-state index in [2.05, 4.69) is 66.6 Å². The first-order valence-electron chi connectivity index (χ1n) is 13.7. The Kier molecular flexibility index (Phi) is 6.91. The second-order valence-corrected chi connectivity index (χ2v) is 12.5. The van der Waals surface area contributed by atoms with Gasteiger partial charge in [-0.25, -0.2) is 0 Å². The summed E-state index contributed by atoms with van der Waals surface area (Å²) in [5.41, 5.74) is 4.49. The molecule has 202 valence electrons. The second-order valence-electron chi connectivity index (χ2n) is 11.3. The van der Waals surface area contributed by atoms with Crippen LogP contribution in [0.3, 0.4) is 0 Å². The summed E-state index contributed by atoms with van der Waals surface area (Å²) in [6.07, 6.45) is 4.82. The van der Waals surface area contributed by atoms with Crippen molar-refractivity contribution in [3.8, 4) is 16.2 Å². The smallest absolute Gasteiger partial charge is 0.252 e. The van der Waals surface area contributed by atoms with Crippen LogP contribution >= 0.6 is 11.3 Å². The molecule has 1 unspecified atom stereocenters. The third kappa shape index (κ3) is 5.31. The van der Waals surface area contributed by atoms with Gasteiger partial charge in [0.1, 0.15) is 12.4 Å². The van der Waals surface area contributed by atoms with Gasteiger partial charge in [0.25, 0.3) is 5.91 Å². The van der Waals surface area contributed by atoms with Crippen molar-refractivity contribution < 1.29 is 9.53 Å². The highest BCUT2D eigenvalue weighted by molar-refractivity contribution is 7.15. The van der Waals surface area contributed by atoms with Crippen LogP contribution in [0.5, 0.6) is 5.75 Å². The normalized spacial score (nSPS) is 18.2. The molecule has 7 heteroatoms. The van der Waals surface area contributed by atoms with Crippen LogP contribution in [0.15, 0.2) is 60.8 Å². The fourth-order valence-corrected chi connectivity index (χ4v) is 6.54. The van der Waals surface area contributed by atoms with Crippen LogP contribution in [0.2, 0.25) is 0 Å². The summed E-state index contributed by atoms with van der Waals surface area (Å²) in [4.78, 5) is 25.4. The van der Waals surface area contributed by atoms with Crippen LogP contribution in [0, 0.1) is 6.92 Å². The molecule has 2 aliphatic rings. The summed E-state index contributed by atoms with van der Waals surface area (Å²) in [7, 11) is 6.30. The SMILES string of the molecule is Cc1ccc(OCC2CCN2C)cc1C(=O)NC1(c2cc(-c3ccc(CN(C)C)s3)cc3ncccc23)CC1. The number of likely N-dealkylation sites (N-methyl/N-ethyl adjacent to an activating group) is 1. The van der Waals surface area contributed by atoms with Gasteiger partial charge >= 0.3 is 0 Å². The van der Waals surface area contributed by atoms with Crippen molar-refractivity contribution in [1.29, 1.82) is 0 Å². The number of likely N-dealkylation sites (tertiary alicyclic amines) is 1. The molecule has 1 aliphatic heterocycles. The van der Waals surface area contributed by atoms with Crippen molar-refractivity contribution in [1.82, 2.24) is 20.1 Å². The minimum absolute atomic E-state index is 0.0527. The number of nitrogens with zero attached hydrogens (tertiary/aromatic N) is 3. The Labute approximate surface area is 234 Å². The average molecular weight is 541 g/mol. The van der Waals surface area contributed by atoms with Crippen LogP contribution in [0.25, 0.3) is 21.3 Å². The number of nitrogens with one attached hydrogen (secondary N) is 1. The van der Waals surface area contributed by atoms with Gasteiger partial charge in [-0.2, -0.15) is 0 Å². The summed E-state index contributed by atoms with van der Waals surface area (Å²) in [5, 5.41) is 4.53. The molecule has 1 saturated heterocycles. The fourth-order valence-electron chi connectivity index (χ4n) is 5.43. The summed E-state index contributed by atoms with van der Waals surface area (Å²) in [6, 6.07) is 19.2. The van der Waals surface area contributed by atoms with Gasteiger partial charge in [-0.15, -0.1) is 11.3 Å². The first kappa shape index (κ1) is 26.0. The fraction of sp³-hybridized carbons (Fsp3) is 0.375. The molecule has 0 spiro atoms. The Bertz CT molecular complexity index is 1520. The van der Waals surface area contributed by atoms with Gasteiger partial charge in [0.2, 0.25) is 0 Å². The van der Waals surface area contributed by atoms with Gasteiger partial charge < -0.3 is 15.0 Å². The molecule has 2 aromatic carbocycles. The number of hydrogen-bond acceptors (Lipinski definition) is 6. The van der Waals surface area contributed by atoms with E-state index in [1.54, 1.807) is 0 Å². The third-order valence-electron chi connectivity index (χ3n) is 8.09. The number of fused-ring (bicyclic) bond motifs is 1. The monoisotopic (exact) mass is 540 g/mol. The number of thiophene rings is 1. The molecule has 2 aromatic heterocycles. The number of ether oxygens (including phenoxy) is 1. The zero-order chi connectivity index (χ0) is 27.1. The number of benzene rings is 2. The predicted molar refractivity (Wildman–Crippen MR) is 159 cm³/mol. The lowest BCUT2D eigenvalue weighted by Crippen LogP contribution is -2.48. The van der Waals surface area contributed by atoms with E-state index in [4.69, 9.17) is 9.72 Å². The van der Waals surface area contributed by atoms with E-state index in [1.807, 2.05) is 48.7 Å². The van der Waals surface area contributed by atoms with Gasteiger partial charge in [-0.1, -0.05) is 12.1 Å². The quantitative estimate of drug-likeness (QED) is 0.289. The maximum absolute atomic E-state index is 13.7. The topological polar surface area (TPSA) is 57.7 Å². The molecular weight excluding hydrogens is 504 g/mol. The first-order chi connectivity index (χ1) is 18.8. The van der Waals surface area contributed by atoms with Crippen LogP contribution in [-0.4, -0.2) is 61.0 Å². The molecule has 1 amide bonds. The maximum Gasteiger partial charge on any atom is 0.252 e. The minimum atomic E-state index is -0.393. The molecule has 1 aliphatic carbocycles. The number of amides is 1. The summed E-state index contributed by atoms with van der Waals surface area (Å²) in [5.74, 6) is 0.696. The second kappa shape index (κ2) is 10.4. The van der Waals surface area contributed by atoms with Crippen molar-refractivity contribution in [2.75, 3.05) is 34.3 Å². The predicted octanol–water partition coefficient (Wildman–Crippen LogP) is 5.84. The van der Waals surface area contributed by atoms with E-state index in [9.17, 15) is 4.79 Å². The lowest BCUT2D eigenvalue weighted by Gasteiger charge is -2.37. The van der Waals surface area contributed by atoms with Gasteiger partial charge in [-0.05, 0) is 113 Å². The standard InChI is InChI=1S/C32H36N4O2S/c1-21-7-8-24(38-20-23-11-15-36(23)4)18-27(21)31(37)34-32(12-13-32)28-16-22(17-29-26(28)6-5-14-33-29)30-10-9-25(39-30)19-35(2)3/h5-10,14,16-18,23H,11-13,15,19-20H2,1-4H3,(H,34,37). The molecule has 0 radical (unpaired) electrons. The molecule has 39 heavy (non-hydrogen) atoms. The molecule has 6 nitrogen and oxygen atoms in total. The number of aryl methyl sites for hydroxylation is 1. The summed E-state index contributed by atoms with van der Waals surface area (Å²) in [6.45, 7) is 4.67. The van der Waals surface area contributed by atoms with Gasteiger partial charge in [0, 0.05) is 39.5 Å². The summed E-state index contributed by atoms with van der Waals surface area (Å²) < 4.78 is 6.07. The van der Waals surface area contributed by atoms with Crippen molar-refractivity contribution in [2.24, 2.45) is 0 Å². The Balaban J connectivity index is 1.28. The van der Waals surface area contributed by atoms with E-state index in [-0.39, 0.29) is 5.91 Å². The Morgan fingerprint density at radius 2 is 2.03 bits per heavy atom. The van der Waals surface area contributed by atoms with Crippen molar-refractivity contribution >= 4 is 28.1 Å². The molecule has 6 rings (SSSR count). The van der Waals surface area contributed by atoms with Crippen molar-refractivity contribution in [3.63, 3.8) is 0 Å². The number of hydrogen-bond donors (Lipinski definition) is 1. The average Bonchev–Trinajstić information content (AvgIpc) is 3.55. The van der Waals surface area contributed by atoms with Crippen LogP contribution < -0.4 is 10.1 Å². The van der Waals surface area contributed by atoms with E-state index >= 15 is 0 Å². The zero-order valence-corrected chi connectivity index (χ0v) is 24.0. The van der Waals surface area contributed by atoms with E-state index in [1.165, 1.54) is 9.75 Å². The van der Waals surface area contributed by atoms with Crippen LogP contribution in [0.1, 0.15) is 45.6 Å². The van der Waals surface area contributed by atoms with Crippen LogP contribution in [0.4, 0.5) is 0 Å². The molecule has 2 fully saturated rings. The van der Waals surface area contributed by atoms with Gasteiger partial charge in [0.05, 0.1) is 11.1 Å². The molecule has 1 saturated carbocycles. The highest BCUT2D eigenvalue weighted by Crippen LogP contribution is 2.49. The number of aromatic nitrogens is 1. The molecule has 1 atom stereocenters. The number of carbonyl (C=O) groups excluding carboxylic acids is 1. The van der Waals surface area contributed by atoms with Gasteiger partial charge in [0.15, 0.2) is 0 Å². The van der Waals surface area contributed by atoms with Crippen molar-refractivity contribution in [2.45, 2.75) is 44.3 Å². The molecule has 1 N–H and O–H groups in total. The Hall–Kier alpha value is -3.26. The number of carbonyl (C=O) groups is 1. The summed E-state index contributed by atoms with van der Waals surface area (Å²) >= 11 is 1.82. The highest BCUT2D eigenvalue weighted by Gasteiger charge is 2.47. The minimum Gasteiger partial charge on any atom is -0.492 e. The molecular formula is C32H36N4O2S. The van der Waals surface area contributed by atoms with E-state index < -0.39 is 5.54 Å². The Morgan fingerprint density at radius 3 is 2.74 bits per heavy atom. The molecule has 4 aromatic rings. The third-order valence-corrected chi connectivity index (χ3v) is 9.21. The molecule has 0 bridgehead atoms. The van der Waals surface area contributed by atoms with E-state index in [0.29, 0.717) is 18.2 Å². The first-order valence-corrected chi connectivity index (χ1v) is 14.5. The van der Waals surface area contributed by atoms with E-state index in [0.717, 1.165) is 65.7 Å². The maximum atomic E-state index is 13.7. The van der Waals surface area contributed by atoms with Crippen LogP contribution in [-0.2, 0) is 12.1 Å². The number of pyridine rings is 1. The highest BCUT2D eigenvalue weighted by atomic mass is 32.1. The lowest BCUT2D eigenvalue weighted by atomic mass is 9.95. The zero-order valence-electron chi connectivity index (χ0n) is 23.2. The van der Waals surface area contributed by atoms with Gasteiger partial charge in [-0.3, -0.25) is 14.7 Å².